The fraction of sp³-hybridized carbons (Fsp3) is 0.318. The second kappa shape index (κ2) is 9.39. The molecule has 0 spiro atoms. The molecule has 0 atom stereocenters. The van der Waals surface area contributed by atoms with Crippen LogP contribution in [-0.2, 0) is 22.4 Å². The number of carbonyl (C=O) groups excluding carboxylic acids is 2. The maximum atomic E-state index is 12.7. The fourth-order valence-corrected chi connectivity index (χ4v) is 4.56. The predicted octanol–water partition coefficient (Wildman–Crippen LogP) is 4.36. The van der Waals surface area contributed by atoms with Crippen molar-refractivity contribution < 1.29 is 19.1 Å². The number of hydrogen-bond acceptors (Lipinski definition) is 6. The zero-order valence-corrected chi connectivity index (χ0v) is 17.2. The number of nitrogens with one attached hydrogen (secondary N) is 1. The van der Waals surface area contributed by atoms with Crippen LogP contribution in [0.15, 0.2) is 29.8 Å². The Morgan fingerprint density at radius 3 is 2.62 bits per heavy atom. The summed E-state index contributed by atoms with van der Waals surface area (Å²) in [4.78, 5) is 26.1. The van der Waals surface area contributed by atoms with E-state index in [0.717, 1.165) is 41.9 Å². The van der Waals surface area contributed by atoms with E-state index in [2.05, 4.69) is 5.32 Å². The highest BCUT2D eigenvalue weighted by Gasteiger charge is 2.27. The number of fused-ring (bicyclic) bond motifs is 1. The van der Waals surface area contributed by atoms with E-state index in [1.165, 1.54) is 24.5 Å². The Balaban J connectivity index is 1.85. The molecule has 3 rings (SSSR count). The topological polar surface area (TPSA) is 88.4 Å². The molecule has 0 saturated carbocycles. The number of hydrogen-bond donors (Lipinski definition) is 1. The van der Waals surface area contributed by atoms with Gasteiger partial charge in [-0.2, -0.15) is 5.26 Å². The molecule has 0 bridgehead atoms. The number of ether oxygens (including phenoxy) is 2. The Kier molecular flexibility index (Phi) is 6.68. The average molecular weight is 410 g/mol. The van der Waals surface area contributed by atoms with Gasteiger partial charge in [0.2, 0.25) is 0 Å². The largest absolute Gasteiger partial charge is 0.494 e. The fourth-order valence-electron chi connectivity index (χ4n) is 3.28. The third-order valence-corrected chi connectivity index (χ3v) is 5.86. The van der Waals surface area contributed by atoms with E-state index in [1.54, 1.807) is 24.3 Å². The lowest BCUT2D eigenvalue weighted by molar-refractivity contribution is -0.112. The van der Waals surface area contributed by atoms with Crippen LogP contribution in [0.3, 0.4) is 0 Å². The molecule has 150 valence electrons. The molecule has 1 N–H and O–H groups in total. The number of aryl methyl sites for hydroxylation is 1. The molecule has 1 heterocycles. The van der Waals surface area contributed by atoms with Crippen molar-refractivity contribution in [3.8, 4) is 11.8 Å². The van der Waals surface area contributed by atoms with Crippen LogP contribution in [0.2, 0.25) is 0 Å². The molecule has 0 unspecified atom stereocenters. The summed E-state index contributed by atoms with van der Waals surface area (Å²) >= 11 is 1.39. The van der Waals surface area contributed by atoms with Crippen molar-refractivity contribution in [2.75, 3.05) is 19.0 Å². The molecular formula is C22H22N2O4S. The van der Waals surface area contributed by atoms with Crippen molar-refractivity contribution in [2.24, 2.45) is 0 Å². The van der Waals surface area contributed by atoms with Crippen LogP contribution in [-0.4, -0.2) is 25.6 Å². The van der Waals surface area contributed by atoms with Gasteiger partial charge in [0.25, 0.3) is 5.91 Å². The molecule has 29 heavy (non-hydrogen) atoms. The number of carbonyl (C=O) groups is 2. The summed E-state index contributed by atoms with van der Waals surface area (Å²) in [6.07, 6.45) is 5.24. The maximum Gasteiger partial charge on any atom is 0.341 e. The number of thiophene rings is 1. The zero-order chi connectivity index (χ0) is 20.8. The standard InChI is InChI=1S/C22H22N2O4S/c1-3-28-16-10-8-14(9-11-16)12-15(13-23)20(25)24-21-19(22(26)27-2)17-6-4-5-7-18(17)29-21/h8-12H,3-7H2,1-2H3,(H,24,25). The van der Waals surface area contributed by atoms with Crippen LogP contribution in [0.5, 0.6) is 5.75 Å². The van der Waals surface area contributed by atoms with E-state index in [-0.39, 0.29) is 5.57 Å². The Labute approximate surface area is 173 Å². The van der Waals surface area contributed by atoms with E-state index in [4.69, 9.17) is 9.47 Å². The lowest BCUT2D eigenvalue weighted by atomic mass is 9.95. The molecule has 0 aliphatic heterocycles. The number of nitrogens with zero attached hydrogens (tertiary/aromatic N) is 1. The Hall–Kier alpha value is -3.11. The summed E-state index contributed by atoms with van der Waals surface area (Å²) in [7, 11) is 1.33. The third-order valence-electron chi connectivity index (χ3n) is 4.66. The van der Waals surface area contributed by atoms with E-state index in [1.807, 2.05) is 13.0 Å². The van der Waals surface area contributed by atoms with Crippen molar-refractivity contribution in [1.82, 2.24) is 0 Å². The molecule has 1 amide bonds. The minimum Gasteiger partial charge on any atom is -0.494 e. The monoisotopic (exact) mass is 410 g/mol. The summed E-state index contributed by atoms with van der Waals surface area (Å²) in [5.41, 5.74) is 2.03. The Morgan fingerprint density at radius 2 is 1.97 bits per heavy atom. The smallest absolute Gasteiger partial charge is 0.341 e. The lowest BCUT2D eigenvalue weighted by Gasteiger charge is -2.11. The molecule has 0 radical (unpaired) electrons. The van der Waals surface area contributed by atoms with E-state index >= 15 is 0 Å². The molecule has 1 aromatic carbocycles. The van der Waals surface area contributed by atoms with Crippen molar-refractivity contribution in [2.45, 2.75) is 32.6 Å². The molecule has 7 heteroatoms. The van der Waals surface area contributed by atoms with Gasteiger partial charge < -0.3 is 14.8 Å². The van der Waals surface area contributed by atoms with Crippen LogP contribution in [0, 0.1) is 11.3 Å². The van der Waals surface area contributed by atoms with Crippen LogP contribution >= 0.6 is 11.3 Å². The highest BCUT2D eigenvalue weighted by atomic mass is 32.1. The number of amides is 1. The molecule has 2 aromatic rings. The summed E-state index contributed by atoms with van der Waals surface area (Å²) in [6.45, 7) is 2.46. The first-order chi connectivity index (χ1) is 14.1. The highest BCUT2D eigenvalue weighted by molar-refractivity contribution is 7.17. The van der Waals surface area contributed by atoms with Crippen LogP contribution in [0.4, 0.5) is 5.00 Å². The summed E-state index contributed by atoms with van der Waals surface area (Å²) in [5.74, 6) is -0.293. The second-order valence-corrected chi connectivity index (χ2v) is 7.64. The van der Waals surface area contributed by atoms with Gasteiger partial charge in [-0.15, -0.1) is 11.3 Å². The van der Waals surface area contributed by atoms with Crippen LogP contribution in [0.1, 0.15) is 46.1 Å². The molecular weight excluding hydrogens is 388 g/mol. The lowest BCUT2D eigenvalue weighted by Crippen LogP contribution is -2.16. The van der Waals surface area contributed by atoms with Gasteiger partial charge >= 0.3 is 5.97 Å². The van der Waals surface area contributed by atoms with Gasteiger partial charge in [-0.3, -0.25) is 4.79 Å². The number of methoxy groups -OCH3 is 1. The first-order valence-electron chi connectivity index (χ1n) is 9.46. The van der Waals surface area contributed by atoms with E-state index in [0.29, 0.717) is 22.7 Å². The van der Waals surface area contributed by atoms with E-state index < -0.39 is 11.9 Å². The molecule has 1 aliphatic carbocycles. The summed E-state index contributed by atoms with van der Waals surface area (Å²) in [6, 6.07) is 9.06. The molecule has 1 aromatic heterocycles. The average Bonchev–Trinajstić information content (AvgIpc) is 3.10. The number of nitriles is 1. The molecule has 0 fully saturated rings. The third kappa shape index (κ3) is 4.66. The molecule has 1 aliphatic rings. The minimum absolute atomic E-state index is 0.0450. The quantitative estimate of drug-likeness (QED) is 0.434. The highest BCUT2D eigenvalue weighted by Crippen LogP contribution is 2.38. The number of benzene rings is 1. The van der Waals surface area contributed by atoms with Crippen LogP contribution in [0.25, 0.3) is 6.08 Å². The van der Waals surface area contributed by atoms with Gasteiger partial charge in [0, 0.05) is 4.88 Å². The van der Waals surface area contributed by atoms with Crippen molar-refractivity contribution in [3.63, 3.8) is 0 Å². The Bertz CT molecular complexity index is 983. The van der Waals surface area contributed by atoms with Crippen molar-refractivity contribution >= 4 is 34.3 Å². The van der Waals surface area contributed by atoms with Gasteiger partial charge in [0.1, 0.15) is 22.4 Å². The first-order valence-corrected chi connectivity index (χ1v) is 10.3. The second-order valence-electron chi connectivity index (χ2n) is 6.53. The van der Waals surface area contributed by atoms with Gasteiger partial charge in [-0.1, -0.05) is 12.1 Å². The summed E-state index contributed by atoms with van der Waals surface area (Å²) < 4.78 is 10.3. The van der Waals surface area contributed by atoms with Crippen LogP contribution < -0.4 is 10.1 Å². The molecule has 6 nitrogen and oxygen atoms in total. The Morgan fingerprint density at radius 1 is 1.24 bits per heavy atom. The van der Waals surface area contributed by atoms with Gasteiger partial charge in [0.05, 0.1) is 19.3 Å². The maximum absolute atomic E-state index is 12.7. The van der Waals surface area contributed by atoms with E-state index in [9.17, 15) is 14.9 Å². The van der Waals surface area contributed by atoms with Gasteiger partial charge in [0.15, 0.2) is 0 Å². The predicted molar refractivity (Wildman–Crippen MR) is 112 cm³/mol. The molecule has 0 saturated heterocycles. The van der Waals surface area contributed by atoms with Crippen molar-refractivity contribution in [1.29, 1.82) is 5.26 Å². The first kappa shape index (κ1) is 20.6. The minimum atomic E-state index is -0.551. The SMILES string of the molecule is CCOc1ccc(C=C(C#N)C(=O)Nc2sc3c(c2C(=O)OC)CCCC3)cc1. The van der Waals surface area contributed by atoms with Gasteiger partial charge in [-0.25, -0.2) is 4.79 Å². The number of anilines is 1. The summed E-state index contributed by atoms with van der Waals surface area (Å²) in [5, 5.41) is 12.7. The zero-order valence-electron chi connectivity index (χ0n) is 16.4. The van der Waals surface area contributed by atoms with Gasteiger partial charge in [-0.05, 0) is 61.9 Å². The number of rotatable bonds is 6. The normalized spacial score (nSPS) is 13.2. The number of esters is 1. The van der Waals surface area contributed by atoms with Crippen molar-refractivity contribution in [3.05, 3.63) is 51.4 Å².